The number of ether oxygens (including phenoxy) is 1. The first kappa shape index (κ1) is 16.4. The topological polar surface area (TPSA) is 66.0 Å². The molecule has 5 nitrogen and oxygen atoms in total. The monoisotopic (exact) mass is 336 g/mol. The number of nitrogen functional groups attached to an aromatic ring is 1. The lowest BCUT2D eigenvalue weighted by atomic mass is 10.3. The maximum Gasteiger partial charge on any atom is 0.453 e. The number of nitrogens with two attached hydrogens (primary N) is 1. The molecule has 2 rings (SSSR count). The predicted molar refractivity (Wildman–Crippen MR) is 72.4 cm³/mol. The van der Waals surface area contributed by atoms with Crippen LogP contribution >= 0.6 is 11.8 Å². The van der Waals surface area contributed by atoms with Gasteiger partial charge in [0, 0.05) is 5.75 Å². The predicted octanol–water partition coefficient (Wildman–Crippen LogP) is 2.71. The molecule has 0 amide bonds. The second-order valence-electron chi connectivity index (χ2n) is 4.18. The maximum atomic E-state index is 12.7. The standard InChI is InChI=1S/C12H12F4N4OS/c13-8-2-4-9(5-3-8)21-6-1-7-22-11-19-18-10(20(11)17)12(14,15)16/h2-5H,1,6-7,17H2. The summed E-state index contributed by atoms with van der Waals surface area (Å²) in [7, 11) is 0. The molecule has 2 N–H and O–H groups in total. The van der Waals surface area contributed by atoms with Crippen molar-refractivity contribution in [1.82, 2.24) is 14.9 Å². The molecule has 0 aliphatic heterocycles. The third-order valence-electron chi connectivity index (χ3n) is 2.52. The first-order valence-electron chi connectivity index (χ1n) is 6.17. The fourth-order valence-electron chi connectivity index (χ4n) is 1.51. The van der Waals surface area contributed by atoms with Crippen LogP contribution in [0, 0.1) is 5.82 Å². The van der Waals surface area contributed by atoms with Gasteiger partial charge < -0.3 is 10.6 Å². The van der Waals surface area contributed by atoms with Crippen LogP contribution in [0.3, 0.4) is 0 Å². The van der Waals surface area contributed by atoms with Crippen LogP contribution in [0.2, 0.25) is 0 Å². The minimum Gasteiger partial charge on any atom is -0.494 e. The fraction of sp³-hybridized carbons (Fsp3) is 0.333. The molecule has 120 valence electrons. The van der Waals surface area contributed by atoms with Gasteiger partial charge in [-0.15, -0.1) is 10.2 Å². The van der Waals surface area contributed by atoms with Crippen molar-refractivity contribution in [3.8, 4) is 5.75 Å². The number of rotatable bonds is 6. The van der Waals surface area contributed by atoms with Gasteiger partial charge in [0.2, 0.25) is 5.16 Å². The largest absolute Gasteiger partial charge is 0.494 e. The molecule has 0 saturated carbocycles. The summed E-state index contributed by atoms with van der Waals surface area (Å²) >= 11 is 1.05. The highest BCUT2D eigenvalue weighted by Crippen LogP contribution is 2.28. The van der Waals surface area contributed by atoms with E-state index in [-0.39, 0.29) is 11.0 Å². The van der Waals surface area contributed by atoms with Gasteiger partial charge in [0.05, 0.1) is 6.61 Å². The van der Waals surface area contributed by atoms with Crippen LogP contribution in [0.4, 0.5) is 17.6 Å². The minimum absolute atomic E-state index is 0.0193. The molecule has 0 spiro atoms. The summed E-state index contributed by atoms with van der Waals surface area (Å²) in [5.41, 5.74) is 0. The van der Waals surface area contributed by atoms with E-state index in [9.17, 15) is 17.6 Å². The van der Waals surface area contributed by atoms with Crippen LogP contribution in [-0.4, -0.2) is 27.2 Å². The van der Waals surface area contributed by atoms with E-state index in [0.717, 1.165) is 11.8 Å². The molecule has 2 aromatic rings. The number of halogens is 4. The van der Waals surface area contributed by atoms with Crippen LogP contribution in [0.15, 0.2) is 29.4 Å². The molecule has 0 saturated heterocycles. The Balaban J connectivity index is 1.75. The first-order valence-corrected chi connectivity index (χ1v) is 7.15. The number of hydrogen-bond donors (Lipinski definition) is 1. The van der Waals surface area contributed by atoms with E-state index in [1.165, 1.54) is 24.3 Å². The Morgan fingerprint density at radius 1 is 1.18 bits per heavy atom. The smallest absolute Gasteiger partial charge is 0.453 e. The van der Waals surface area contributed by atoms with Gasteiger partial charge >= 0.3 is 6.18 Å². The van der Waals surface area contributed by atoms with E-state index < -0.39 is 12.0 Å². The van der Waals surface area contributed by atoms with Crippen LogP contribution in [0.1, 0.15) is 12.2 Å². The summed E-state index contributed by atoms with van der Waals surface area (Å²) in [6.07, 6.45) is -4.08. The van der Waals surface area contributed by atoms with Crippen molar-refractivity contribution in [2.45, 2.75) is 17.8 Å². The van der Waals surface area contributed by atoms with Crippen molar-refractivity contribution in [3.63, 3.8) is 0 Å². The van der Waals surface area contributed by atoms with Gasteiger partial charge in [0.25, 0.3) is 5.82 Å². The molecular weight excluding hydrogens is 324 g/mol. The highest BCUT2D eigenvalue weighted by Gasteiger charge is 2.38. The Morgan fingerprint density at radius 3 is 2.45 bits per heavy atom. The lowest BCUT2D eigenvalue weighted by Crippen LogP contribution is -2.21. The first-order chi connectivity index (χ1) is 10.4. The molecule has 0 aliphatic rings. The van der Waals surface area contributed by atoms with Gasteiger partial charge in [-0.25, -0.2) is 9.07 Å². The van der Waals surface area contributed by atoms with Gasteiger partial charge in [0.15, 0.2) is 0 Å². The number of thioether (sulfide) groups is 1. The fourth-order valence-corrected chi connectivity index (χ4v) is 2.28. The van der Waals surface area contributed by atoms with E-state index >= 15 is 0 Å². The third-order valence-corrected chi connectivity index (χ3v) is 3.55. The van der Waals surface area contributed by atoms with E-state index in [1.54, 1.807) is 0 Å². The molecule has 1 aromatic carbocycles. The molecule has 22 heavy (non-hydrogen) atoms. The highest BCUT2D eigenvalue weighted by atomic mass is 32.2. The van der Waals surface area contributed by atoms with Gasteiger partial charge in [-0.05, 0) is 30.7 Å². The Morgan fingerprint density at radius 2 is 1.86 bits per heavy atom. The lowest BCUT2D eigenvalue weighted by Gasteiger charge is -2.07. The molecule has 0 fully saturated rings. The Kier molecular flexibility index (Phi) is 5.11. The Bertz CT molecular complexity index is 615. The maximum absolute atomic E-state index is 12.7. The third kappa shape index (κ3) is 4.26. The van der Waals surface area contributed by atoms with Crippen LogP contribution in [-0.2, 0) is 6.18 Å². The van der Waals surface area contributed by atoms with Crippen molar-refractivity contribution in [2.75, 3.05) is 18.2 Å². The van der Waals surface area contributed by atoms with Crippen molar-refractivity contribution >= 4 is 11.8 Å². The Labute approximate surface area is 127 Å². The number of aromatic nitrogens is 3. The summed E-state index contributed by atoms with van der Waals surface area (Å²) < 4.78 is 55.8. The van der Waals surface area contributed by atoms with E-state index in [0.29, 0.717) is 29.2 Å². The molecule has 0 bridgehead atoms. The molecular formula is C12H12F4N4OS. The van der Waals surface area contributed by atoms with E-state index in [2.05, 4.69) is 10.2 Å². The van der Waals surface area contributed by atoms with Gasteiger partial charge in [0.1, 0.15) is 11.6 Å². The van der Waals surface area contributed by atoms with Crippen LogP contribution in [0.25, 0.3) is 0 Å². The quantitative estimate of drug-likeness (QED) is 0.380. The molecule has 0 atom stereocenters. The summed E-state index contributed by atoms with van der Waals surface area (Å²) in [5, 5.41) is 6.39. The van der Waals surface area contributed by atoms with Crippen LogP contribution < -0.4 is 10.6 Å². The Hall–Kier alpha value is -1.97. The lowest BCUT2D eigenvalue weighted by molar-refractivity contribution is -0.146. The molecule has 0 radical (unpaired) electrons. The van der Waals surface area contributed by atoms with Crippen LogP contribution in [0.5, 0.6) is 5.75 Å². The van der Waals surface area contributed by atoms with Crippen molar-refractivity contribution in [2.24, 2.45) is 0 Å². The second kappa shape index (κ2) is 6.86. The number of nitrogens with zero attached hydrogens (tertiary/aromatic N) is 3. The summed E-state index contributed by atoms with van der Waals surface area (Å²) in [4.78, 5) is 0. The summed E-state index contributed by atoms with van der Waals surface area (Å²) in [6, 6.07) is 5.54. The molecule has 1 heterocycles. The van der Waals surface area contributed by atoms with Gasteiger partial charge in [-0.1, -0.05) is 11.8 Å². The normalized spacial score (nSPS) is 11.6. The summed E-state index contributed by atoms with van der Waals surface area (Å²) in [5.74, 6) is 4.67. The number of hydrogen-bond acceptors (Lipinski definition) is 5. The number of alkyl halides is 3. The number of benzene rings is 1. The molecule has 10 heteroatoms. The van der Waals surface area contributed by atoms with Crippen molar-refractivity contribution < 1.29 is 22.3 Å². The van der Waals surface area contributed by atoms with E-state index in [4.69, 9.17) is 10.6 Å². The minimum atomic E-state index is -4.63. The zero-order valence-corrected chi connectivity index (χ0v) is 12.0. The molecule has 0 unspecified atom stereocenters. The summed E-state index contributed by atoms with van der Waals surface area (Å²) in [6.45, 7) is 0.337. The average Bonchev–Trinajstić information content (AvgIpc) is 2.82. The highest BCUT2D eigenvalue weighted by molar-refractivity contribution is 7.99. The van der Waals surface area contributed by atoms with Crippen molar-refractivity contribution in [1.29, 1.82) is 0 Å². The SMILES string of the molecule is Nn1c(SCCCOc2ccc(F)cc2)nnc1C(F)(F)F. The zero-order valence-electron chi connectivity index (χ0n) is 11.2. The van der Waals surface area contributed by atoms with Crippen molar-refractivity contribution in [3.05, 3.63) is 35.9 Å². The van der Waals surface area contributed by atoms with E-state index in [1.807, 2.05) is 0 Å². The zero-order chi connectivity index (χ0) is 16.2. The molecule has 1 aromatic heterocycles. The molecule has 0 aliphatic carbocycles. The van der Waals surface area contributed by atoms with Gasteiger partial charge in [-0.2, -0.15) is 13.2 Å². The average molecular weight is 336 g/mol. The van der Waals surface area contributed by atoms with Gasteiger partial charge in [-0.3, -0.25) is 0 Å². The second-order valence-corrected chi connectivity index (χ2v) is 5.24.